The molecule has 0 atom stereocenters. The van der Waals surface area contributed by atoms with Gasteiger partial charge in [-0.3, -0.25) is 4.79 Å². The molecule has 0 aromatic carbocycles. The molecule has 1 aromatic heterocycles. The summed E-state index contributed by atoms with van der Waals surface area (Å²) in [6, 6.07) is 1.59. The predicted octanol–water partition coefficient (Wildman–Crippen LogP) is 0.129. The van der Waals surface area contributed by atoms with Crippen molar-refractivity contribution >= 4 is 17.5 Å². The Hall–Kier alpha value is -1.89. The summed E-state index contributed by atoms with van der Waals surface area (Å²) in [5, 5.41) is 3.02. The molecule has 0 aliphatic rings. The van der Waals surface area contributed by atoms with E-state index in [2.05, 4.69) is 15.3 Å². The molecule has 1 aromatic rings. The van der Waals surface area contributed by atoms with Gasteiger partial charge in [-0.1, -0.05) is 0 Å². The van der Waals surface area contributed by atoms with Gasteiger partial charge in [-0.05, 0) is 13.8 Å². The Morgan fingerprint density at radius 3 is 2.72 bits per heavy atom. The summed E-state index contributed by atoms with van der Waals surface area (Å²) in [7, 11) is 1.55. The van der Waals surface area contributed by atoms with Crippen LogP contribution in [0.5, 0.6) is 0 Å². The summed E-state index contributed by atoms with van der Waals surface area (Å²) < 4.78 is 4.94. The van der Waals surface area contributed by atoms with Crippen molar-refractivity contribution in [2.24, 2.45) is 11.1 Å². The highest BCUT2D eigenvalue weighted by atomic mass is 16.5. The molecule has 100 valence electrons. The lowest BCUT2D eigenvalue weighted by Crippen LogP contribution is -2.37. The van der Waals surface area contributed by atoms with E-state index < -0.39 is 5.41 Å². The second kappa shape index (κ2) is 5.63. The minimum atomic E-state index is -0.666. The molecule has 0 aliphatic heterocycles. The van der Waals surface area contributed by atoms with Gasteiger partial charge in [-0.2, -0.15) is 0 Å². The fourth-order valence-electron chi connectivity index (χ4n) is 1.20. The van der Waals surface area contributed by atoms with E-state index in [0.717, 1.165) is 0 Å². The minimum absolute atomic E-state index is 0.277. The van der Waals surface area contributed by atoms with Crippen molar-refractivity contribution in [1.82, 2.24) is 9.97 Å². The van der Waals surface area contributed by atoms with Gasteiger partial charge in [-0.15, -0.1) is 0 Å². The number of methoxy groups -OCH3 is 1. The first-order chi connectivity index (χ1) is 8.35. The topological polar surface area (TPSA) is 116 Å². The number of hydrogen-bond acceptors (Lipinski definition) is 6. The fraction of sp³-hybridized carbons (Fsp3) is 0.545. The van der Waals surface area contributed by atoms with Crippen LogP contribution in [-0.4, -0.2) is 29.5 Å². The summed E-state index contributed by atoms with van der Waals surface area (Å²) in [6.45, 7) is 4.15. The number of amides is 1. The Morgan fingerprint density at radius 1 is 1.50 bits per heavy atom. The van der Waals surface area contributed by atoms with E-state index in [1.54, 1.807) is 27.0 Å². The fourth-order valence-corrected chi connectivity index (χ4v) is 1.20. The Morgan fingerprint density at radius 2 is 2.17 bits per heavy atom. The Bertz CT molecular complexity index is 433. The zero-order valence-corrected chi connectivity index (χ0v) is 10.9. The number of nitrogens with one attached hydrogen (secondary N) is 1. The molecule has 0 saturated heterocycles. The molecule has 0 unspecified atom stereocenters. The van der Waals surface area contributed by atoms with Gasteiger partial charge < -0.3 is 21.5 Å². The molecule has 0 saturated carbocycles. The number of primary amides is 1. The van der Waals surface area contributed by atoms with Gasteiger partial charge in [0.2, 0.25) is 5.91 Å². The van der Waals surface area contributed by atoms with Crippen molar-refractivity contribution in [3.8, 4) is 0 Å². The molecular weight excluding hydrogens is 234 g/mol. The van der Waals surface area contributed by atoms with Crippen molar-refractivity contribution in [2.75, 3.05) is 24.7 Å². The van der Waals surface area contributed by atoms with E-state index in [9.17, 15) is 4.79 Å². The van der Waals surface area contributed by atoms with Gasteiger partial charge in [0.05, 0.1) is 5.41 Å². The Kier molecular flexibility index (Phi) is 4.43. The molecule has 0 bridgehead atoms. The quantitative estimate of drug-likeness (QED) is 0.663. The van der Waals surface area contributed by atoms with Crippen LogP contribution in [0.15, 0.2) is 6.07 Å². The van der Waals surface area contributed by atoms with Crippen LogP contribution in [0.2, 0.25) is 0 Å². The molecule has 7 nitrogen and oxygen atoms in total. The lowest BCUT2D eigenvalue weighted by Gasteiger charge is -2.21. The number of anilines is 2. The molecule has 18 heavy (non-hydrogen) atoms. The number of nitrogen functional groups attached to an aromatic ring is 1. The number of rotatable bonds is 6. The molecule has 0 spiro atoms. The van der Waals surface area contributed by atoms with Crippen molar-refractivity contribution in [2.45, 2.75) is 20.5 Å². The van der Waals surface area contributed by atoms with Crippen LogP contribution in [0.25, 0.3) is 0 Å². The van der Waals surface area contributed by atoms with Gasteiger partial charge >= 0.3 is 0 Å². The molecule has 5 N–H and O–H groups in total. The largest absolute Gasteiger partial charge is 0.384 e. The normalized spacial score (nSPS) is 11.3. The number of carbonyl (C=O) groups excluding carboxylic acids is 1. The van der Waals surface area contributed by atoms with Crippen LogP contribution in [0.3, 0.4) is 0 Å². The zero-order valence-electron chi connectivity index (χ0n) is 10.9. The smallest absolute Gasteiger partial charge is 0.224 e. The van der Waals surface area contributed by atoms with Gasteiger partial charge in [0, 0.05) is 19.7 Å². The summed E-state index contributed by atoms with van der Waals surface area (Å²) in [5.74, 6) is 0.992. The maximum absolute atomic E-state index is 11.2. The highest BCUT2D eigenvalue weighted by molar-refractivity contribution is 5.80. The highest BCUT2D eigenvalue weighted by Gasteiger charge is 2.24. The third-order valence-corrected chi connectivity index (χ3v) is 2.44. The summed E-state index contributed by atoms with van der Waals surface area (Å²) in [5.41, 5.74) is 10.3. The van der Waals surface area contributed by atoms with Crippen LogP contribution in [-0.2, 0) is 16.1 Å². The number of aromatic nitrogens is 2. The van der Waals surface area contributed by atoms with Crippen molar-refractivity contribution < 1.29 is 9.53 Å². The number of hydrogen-bond donors (Lipinski definition) is 3. The molecule has 1 amide bonds. The Balaban J connectivity index is 2.76. The number of nitrogens with zero attached hydrogens (tertiary/aromatic N) is 2. The molecule has 0 aliphatic carbocycles. The lowest BCUT2D eigenvalue weighted by molar-refractivity contribution is -0.125. The molecule has 0 radical (unpaired) electrons. The second-order valence-electron chi connectivity index (χ2n) is 4.63. The standard InChI is InChI=1S/C11H19N5O2/c1-11(2,10(13)17)6-14-8-4-7(12)15-9(16-8)5-18-3/h4H,5-6H2,1-3H3,(H2,13,17)(H3,12,14,15,16). The predicted molar refractivity (Wildman–Crippen MR) is 68.6 cm³/mol. The SMILES string of the molecule is COCc1nc(N)cc(NCC(C)(C)C(N)=O)n1. The van der Waals surface area contributed by atoms with E-state index in [1.165, 1.54) is 0 Å². The zero-order chi connectivity index (χ0) is 13.8. The maximum atomic E-state index is 11.2. The van der Waals surface area contributed by atoms with Crippen LogP contribution >= 0.6 is 0 Å². The van der Waals surface area contributed by atoms with E-state index in [-0.39, 0.29) is 12.5 Å². The molecule has 1 rings (SSSR count). The van der Waals surface area contributed by atoms with Crippen LogP contribution in [0.4, 0.5) is 11.6 Å². The van der Waals surface area contributed by atoms with E-state index >= 15 is 0 Å². The van der Waals surface area contributed by atoms with E-state index in [4.69, 9.17) is 16.2 Å². The number of nitrogens with two attached hydrogens (primary N) is 2. The van der Waals surface area contributed by atoms with Gasteiger partial charge in [-0.25, -0.2) is 9.97 Å². The minimum Gasteiger partial charge on any atom is -0.384 e. The number of carbonyl (C=O) groups is 1. The lowest BCUT2D eigenvalue weighted by atomic mass is 9.93. The third-order valence-electron chi connectivity index (χ3n) is 2.44. The van der Waals surface area contributed by atoms with Gasteiger partial charge in [0.25, 0.3) is 0 Å². The first kappa shape index (κ1) is 14.2. The van der Waals surface area contributed by atoms with Gasteiger partial charge in [0.15, 0.2) is 5.82 Å². The first-order valence-electron chi connectivity index (χ1n) is 5.51. The maximum Gasteiger partial charge on any atom is 0.224 e. The highest BCUT2D eigenvalue weighted by Crippen LogP contribution is 2.16. The van der Waals surface area contributed by atoms with Crippen LogP contribution < -0.4 is 16.8 Å². The average molecular weight is 253 g/mol. The molecule has 1 heterocycles. The van der Waals surface area contributed by atoms with Gasteiger partial charge in [0.1, 0.15) is 18.2 Å². The molecule has 7 heteroatoms. The molecular formula is C11H19N5O2. The Labute approximate surface area is 106 Å². The van der Waals surface area contributed by atoms with Crippen LogP contribution in [0.1, 0.15) is 19.7 Å². The number of ether oxygens (including phenoxy) is 1. The van der Waals surface area contributed by atoms with E-state index in [0.29, 0.717) is 24.0 Å². The van der Waals surface area contributed by atoms with E-state index in [1.807, 2.05) is 0 Å². The van der Waals surface area contributed by atoms with Crippen molar-refractivity contribution in [3.05, 3.63) is 11.9 Å². The summed E-state index contributed by atoms with van der Waals surface area (Å²) in [6.07, 6.45) is 0. The average Bonchev–Trinajstić information content (AvgIpc) is 2.26. The van der Waals surface area contributed by atoms with Crippen LogP contribution in [0, 0.1) is 5.41 Å². The monoisotopic (exact) mass is 253 g/mol. The third kappa shape index (κ3) is 3.85. The molecule has 0 fully saturated rings. The van der Waals surface area contributed by atoms with Crippen molar-refractivity contribution in [1.29, 1.82) is 0 Å². The second-order valence-corrected chi connectivity index (χ2v) is 4.63. The summed E-state index contributed by atoms with van der Waals surface area (Å²) >= 11 is 0. The van der Waals surface area contributed by atoms with Crippen molar-refractivity contribution in [3.63, 3.8) is 0 Å². The summed E-state index contributed by atoms with van der Waals surface area (Å²) in [4.78, 5) is 19.4. The first-order valence-corrected chi connectivity index (χ1v) is 5.51.